The molecule has 1 N–H and O–H groups in total. The van der Waals surface area contributed by atoms with Crippen LogP contribution in [0.4, 0.5) is 5.69 Å². The van der Waals surface area contributed by atoms with Crippen molar-refractivity contribution in [3.63, 3.8) is 0 Å². The first kappa shape index (κ1) is 17.0. The average Bonchev–Trinajstić information content (AvgIpc) is 2.69. The number of carbonyl (C=O) groups is 1. The third-order valence-electron chi connectivity index (χ3n) is 4.05. The normalized spacial score (nSPS) is 10.7. The number of halogens is 1. The topological polar surface area (TPSA) is 72.2 Å². The zero-order chi connectivity index (χ0) is 18.8. The van der Waals surface area contributed by atoms with Crippen LogP contribution in [0.2, 0.25) is 5.02 Å². The van der Waals surface area contributed by atoms with E-state index in [2.05, 4.69) is 10.3 Å². The van der Waals surface area contributed by atoms with E-state index in [1.165, 1.54) is 0 Å². The van der Waals surface area contributed by atoms with Crippen molar-refractivity contribution in [2.75, 3.05) is 5.32 Å². The van der Waals surface area contributed by atoms with Gasteiger partial charge in [0, 0.05) is 10.6 Å². The molecule has 0 saturated carbocycles. The Labute approximate surface area is 159 Å². The van der Waals surface area contributed by atoms with Crippen LogP contribution in [0.25, 0.3) is 22.4 Å². The monoisotopic (exact) mass is 376 g/mol. The van der Waals surface area contributed by atoms with Gasteiger partial charge in [-0.15, -0.1) is 0 Å². The number of hydrogen-bond acceptors (Lipinski definition) is 4. The van der Waals surface area contributed by atoms with Crippen LogP contribution in [0, 0.1) is 0 Å². The number of aromatic nitrogens is 1. The van der Waals surface area contributed by atoms with E-state index in [0.717, 1.165) is 0 Å². The molecule has 6 heteroatoms. The second kappa shape index (κ2) is 7.05. The van der Waals surface area contributed by atoms with Crippen molar-refractivity contribution >= 4 is 34.1 Å². The molecule has 0 radical (unpaired) electrons. The van der Waals surface area contributed by atoms with Crippen LogP contribution in [0.5, 0.6) is 0 Å². The lowest BCUT2D eigenvalue weighted by molar-refractivity contribution is 0.102. The Morgan fingerprint density at radius 1 is 0.926 bits per heavy atom. The standard InChI is InChI=1S/C21H13ClN2O3/c22-14-11-9-13(10-12-14)19(25)23-17-7-3-1-5-15(17)20-24-18-8-4-2-6-16(18)21(26)27-20/h1-12H,(H,23,25). The second-order valence-electron chi connectivity index (χ2n) is 5.83. The maximum Gasteiger partial charge on any atom is 0.347 e. The number of amides is 1. The first-order valence-electron chi connectivity index (χ1n) is 8.18. The summed E-state index contributed by atoms with van der Waals surface area (Å²) in [5.41, 5.74) is 1.52. The third-order valence-corrected chi connectivity index (χ3v) is 4.30. The van der Waals surface area contributed by atoms with Crippen LogP contribution in [0.1, 0.15) is 10.4 Å². The summed E-state index contributed by atoms with van der Waals surface area (Å²) in [7, 11) is 0. The number of nitrogens with zero attached hydrogens (tertiary/aromatic N) is 1. The van der Waals surface area contributed by atoms with E-state index in [4.69, 9.17) is 16.0 Å². The predicted molar refractivity (Wildman–Crippen MR) is 105 cm³/mol. The van der Waals surface area contributed by atoms with Crippen LogP contribution in [-0.2, 0) is 0 Å². The summed E-state index contributed by atoms with van der Waals surface area (Å²) >= 11 is 5.86. The molecule has 0 aliphatic rings. The fourth-order valence-electron chi connectivity index (χ4n) is 2.71. The summed E-state index contributed by atoms with van der Waals surface area (Å²) < 4.78 is 5.38. The summed E-state index contributed by atoms with van der Waals surface area (Å²) in [6, 6.07) is 20.5. The molecular weight excluding hydrogens is 364 g/mol. The molecule has 0 atom stereocenters. The van der Waals surface area contributed by atoms with Gasteiger partial charge in [0.25, 0.3) is 5.91 Å². The zero-order valence-electron chi connectivity index (χ0n) is 14.0. The fraction of sp³-hybridized carbons (Fsp3) is 0. The van der Waals surface area contributed by atoms with E-state index >= 15 is 0 Å². The molecule has 5 nitrogen and oxygen atoms in total. The molecule has 27 heavy (non-hydrogen) atoms. The number of benzene rings is 3. The number of nitrogens with one attached hydrogen (secondary N) is 1. The van der Waals surface area contributed by atoms with Gasteiger partial charge < -0.3 is 9.73 Å². The summed E-state index contributed by atoms with van der Waals surface area (Å²) in [6.45, 7) is 0. The van der Waals surface area contributed by atoms with Gasteiger partial charge in [0.05, 0.1) is 22.2 Å². The van der Waals surface area contributed by atoms with E-state index < -0.39 is 5.63 Å². The van der Waals surface area contributed by atoms with Crippen molar-refractivity contribution in [2.24, 2.45) is 0 Å². The number of anilines is 1. The fourth-order valence-corrected chi connectivity index (χ4v) is 2.83. The number of hydrogen-bond donors (Lipinski definition) is 1. The number of para-hydroxylation sites is 2. The predicted octanol–water partition coefficient (Wildman–Crippen LogP) is 4.76. The summed E-state index contributed by atoms with van der Waals surface area (Å²) in [5.74, 6) is -0.159. The van der Waals surface area contributed by atoms with E-state index in [9.17, 15) is 9.59 Å². The number of rotatable bonds is 3. The summed E-state index contributed by atoms with van der Waals surface area (Å²) in [4.78, 5) is 29.2. The highest BCUT2D eigenvalue weighted by molar-refractivity contribution is 6.30. The van der Waals surface area contributed by atoms with Crippen LogP contribution in [0.15, 0.2) is 82.0 Å². The number of fused-ring (bicyclic) bond motifs is 1. The van der Waals surface area contributed by atoms with Gasteiger partial charge in [-0.25, -0.2) is 9.78 Å². The summed E-state index contributed by atoms with van der Waals surface area (Å²) in [5, 5.41) is 3.78. The Hall–Kier alpha value is -3.44. The van der Waals surface area contributed by atoms with Crippen LogP contribution in [0.3, 0.4) is 0 Å². The minimum Gasteiger partial charge on any atom is -0.403 e. The molecule has 4 rings (SSSR count). The van der Waals surface area contributed by atoms with Gasteiger partial charge in [0.15, 0.2) is 0 Å². The minimum atomic E-state index is -0.477. The average molecular weight is 377 g/mol. The van der Waals surface area contributed by atoms with Crippen molar-refractivity contribution in [3.05, 3.63) is 93.8 Å². The molecule has 0 aliphatic heterocycles. The molecule has 0 aliphatic carbocycles. The third kappa shape index (κ3) is 3.45. The summed E-state index contributed by atoms with van der Waals surface area (Å²) in [6.07, 6.45) is 0. The first-order chi connectivity index (χ1) is 13.1. The van der Waals surface area contributed by atoms with Gasteiger partial charge >= 0.3 is 5.63 Å². The molecule has 3 aromatic carbocycles. The van der Waals surface area contributed by atoms with Crippen molar-refractivity contribution in [3.8, 4) is 11.5 Å². The van der Waals surface area contributed by atoms with Crippen LogP contribution >= 0.6 is 11.6 Å². The lowest BCUT2D eigenvalue weighted by Crippen LogP contribution is -2.13. The van der Waals surface area contributed by atoms with Crippen LogP contribution < -0.4 is 10.9 Å². The van der Waals surface area contributed by atoms with E-state index in [1.54, 1.807) is 72.8 Å². The van der Waals surface area contributed by atoms with Gasteiger partial charge in [-0.05, 0) is 48.5 Å². The molecule has 0 unspecified atom stereocenters. The first-order valence-corrected chi connectivity index (χ1v) is 8.56. The molecule has 1 heterocycles. The smallest absolute Gasteiger partial charge is 0.347 e. The Balaban J connectivity index is 1.74. The van der Waals surface area contributed by atoms with Gasteiger partial charge in [-0.2, -0.15) is 0 Å². The van der Waals surface area contributed by atoms with E-state index in [0.29, 0.717) is 32.7 Å². The number of carbonyl (C=O) groups excluding carboxylic acids is 1. The zero-order valence-corrected chi connectivity index (χ0v) is 14.7. The second-order valence-corrected chi connectivity index (χ2v) is 6.27. The highest BCUT2D eigenvalue weighted by Crippen LogP contribution is 2.27. The quantitative estimate of drug-likeness (QED) is 0.559. The van der Waals surface area contributed by atoms with E-state index in [1.807, 2.05) is 0 Å². The van der Waals surface area contributed by atoms with Crippen molar-refractivity contribution in [1.82, 2.24) is 4.98 Å². The van der Waals surface area contributed by atoms with Crippen molar-refractivity contribution < 1.29 is 9.21 Å². The largest absolute Gasteiger partial charge is 0.403 e. The molecule has 0 saturated heterocycles. The maximum absolute atomic E-state index is 12.5. The molecule has 4 aromatic rings. The molecule has 1 aromatic heterocycles. The SMILES string of the molecule is O=C(Nc1ccccc1-c1nc2ccccc2c(=O)o1)c1ccc(Cl)cc1. The molecular formula is C21H13ClN2O3. The van der Waals surface area contributed by atoms with E-state index in [-0.39, 0.29) is 11.8 Å². The molecule has 1 amide bonds. The minimum absolute atomic E-state index is 0.144. The van der Waals surface area contributed by atoms with Crippen molar-refractivity contribution in [2.45, 2.75) is 0 Å². The Morgan fingerprint density at radius 3 is 2.44 bits per heavy atom. The highest BCUT2D eigenvalue weighted by atomic mass is 35.5. The molecule has 0 bridgehead atoms. The molecule has 132 valence electrons. The van der Waals surface area contributed by atoms with Gasteiger partial charge in [-0.1, -0.05) is 35.9 Å². The van der Waals surface area contributed by atoms with Crippen molar-refractivity contribution in [1.29, 1.82) is 0 Å². The molecule has 0 spiro atoms. The van der Waals surface area contributed by atoms with Crippen LogP contribution in [-0.4, -0.2) is 10.9 Å². The van der Waals surface area contributed by atoms with Gasteiger partial charge in [0.2, 0.25) is 5.89 Å². The molecule has 0 fully saturated rings. The Morgan fingerprint density at radius 2 is 1.63 bits per heavy atom. The van der Waals surface area contributed by atoms with Gasteiger partial charge in [-0.3, -0.25) is 4.79 Å². The highest BCUT2D eigenvalue weighted by Gasteiger charge is 2.14. The van der Waals surface area contributed by atoms with Gasteiger partial charge in [0.1, 0.15) is 0 Å². The lowest BCUT2D eigenvalue weighted by atomic mass is 10.1. The lowest BCUT2D eigenvalue weighted by Gasteiger charge is -2.10. The Bertz CT molecular complexity index is 1200. The Kier molecular flexibility index (Phi) is 4.44. The maximum atomic E-state index is 12.5.